The number of hydrogen-bond donors (Lipinski definition) is 0. The Kier molecular flexibility index (Phi) is 5.95. The van der Waals surface area contributed by atoms with Crippen molar-refractivity contribution >= 4 is 42.5 Å². The zero-order valence-corrected chi connectivity index (χ0v) is 20.7. The van der Waals surface area contributed by atoms with Crippen LogP contribution < -0.4 is 9.47 Å². The largest absolute Gasteiger partial charge is 0.439 e. The van der Waals surface area contributed by atoms with Gasteiger partial charge in [-0.05, 0) is 55.5 Å². The predicted octanol–water partition coefficient (Wildman–Crippen LogP) is 6.46. The van der Waals surface area contributed by atoms with E-state index < -0.39 is 0 Å². The van der Waals surface area contributed by atoms with Crippen molar-refractivity contribution < 1.29 is 9.47 Å². The zero-order chi connectivity index (χ0) is 25.4. The molecule has 1 aromatic carbocycles. The molecule has 0 saturated carbocycles. The number of benzene rings is 1. The van der Waals surface area contributed by atoms with E-state index in [-0.39, 0.29) is 0 Å². The van der Waals surface area contributed by atoms with Gasteiger partial charge in [0, 0.05) is 42.6 Å². The van der Waals surface area contributed by atoms with Crippen molar-refractivity contribution in [3.05, 3.63) is 76.9 Å². The SMILES string of the molecule is [B]C1=C(CC)CCCc2cc(Oc3ccc4c(c3)N=CC=C=C4)nc(Oc3cnc4c(c3)ncn4C)c21. The molecule has 37 heavy (non-hydrogen) atoms. The first kappa shape index (κ1) is 23.0. The maximum absolute atomic E-state index is 6.70. The van der Waals surface area contributed by atoms with Crippen LogP contribution in [0.5, 0.6) is 23.3 Å². The lowest BCUT2D eigenvalue weighted by molar-refractivity contribution is 0.423. The first-order chi connectivity index (χ1) is 18.1. The number of rotatable bonds is 5. The van der Waals surface area contributed by atoms with Crippen molar-refractivity contribution in [2.24, 2.45) is 12.0 Å². The van der Waals surface area contributed by atoms with Crippen LogP contribution in [0.1, 0.15) is 42.9 Å². The molecule has 0 saturated heterocycles. The van der Waals surface area contributed by atoms with E-state index in [1.54, 1.807) is 24.8 Å². The maximum atomic E-state index is 6.70. The average Bonchev–Trinajstić information content (AvgIpc) is 3.04. The first-order valence-electron chi connectivity index (χ1n) is 12.3. The van der Waals surface area contributed by atoms with Crippen LogP contribution in [0.25, 0.3) is 22.7 Å². The van der Waals surface area contributed by atoms with Gasteiger partial charge >= 0.3 is 0 Å². The second-order valence-corrected chi connectivity index (χ2v) is 9.07. The second kappa shape index (κ2) is 9.56. The molecule has 6 rings (SSSR count). The van der Waals surface area contributed by atoms with Crippen molar-refractivity contribution in [2.75, 3.05) is 0 Å². The van der Waals surface area contributed by atoms with E-state index in [0.717, 1.165) is 64.7 Å². The molecule has 2 radical (unpaired) electrons. The second-order valence-electron chi connectivity index (χ2n) is 9.07. The summed E-state index contributed by atoms with van der Waals surface area (Å²) in [6.45, 7) is 2.13. The number of aryl methyl sites for hydroxylation is 2. The third kappa shape index (κ3) is 4.48. The minimum Gasteiger partial charge on any atom is -0.439 e. The zero-order valence-electron chi connectivity index (χ0n) is 20.7. The number of nitrogens with zero attached hydrogens (tertiary/aromatic N) is 5. The Bertz CT molecular complexity index is 1660. The third-order valence-corrected chi connectivity index (χ3v) is 6.63. The minimum absolute atomic E-state index is 0.398. The quantitative estimate of drug-likeness (QED) is 0.240. The number of allylic oxidation sites excluding steroid dienone is 2. The fourth-order valence-electron chi connectivity index (χ4n) is 4.73. The van der Waals surface area contributed by atoms with Gasteiger partial charge in [0.2, 0.25) is 11.8 Å². The Balaban J connectivity index is 1.42. The molecular weight excluding hydrogens is 461 g/mol. The van der Waals surface area contributed by atoms with Crippen molar-refractivity contribution in [2.45, 2.75) is 32.6 Å². The Morgan fingerprint density at radius 2 is 2.00 bits per heavy atom. The number of pyridine rings is 2. The summed E-state index contributed by atoms with van der Waals surface area (Å²) in [6, 6.07) is 9.56. The van der Waals surface area contributed by atoms with Crippen molar-refractivity contribution in [1.82, 2.24) is 19.5 Å². The lowest BCUT2D eigenvalue weighted by Gasteiger charge is -2.17. The molecule has 2 aliphatic rings. The molecule has 8 heteroatoms. The average molecular weight is 485 g/mol. The Labute approximate surface area is 216 Å². The molecule has 4 aromatic rings. The van der Waals surface area contributed by atoms with E-state index in [4.69, 9.17) is 22.3 Å². The molecule has 3 aromatic heterocycles. The molecule has 0 unspecified atom stereocenters. The van der Waals surface area contributed by atoms with Crippen molar-refractivity contribution in [3.63, 3.8) is 0 Å². The third-order valence-electron chi connectivity index (χ3n) is 6.63. The summed E-state index contributed by atoms with van der Waals surface area (Å²) in [5.41, 5.74) is 10.2. The Hall–Kier alpha value is -4.42. The molecule has 1 aliphatic heterocycles. The highest BCUT2D eigenvalue weighted by Crippen LogP contribution is 2.40. The smallest absolute Gasteiger partial charge is 0.229 e. The van der Waals surface area contributed by atoms with E-state index in [9.17, 15) is 0 Å². The summed E-state index contributed by atoms with van der Waals surface area (Å²) in [5.74, 6) is 1.99. The highest BCUT2D eigenvalue weighted by atomic mass is 16.5. The molecule has 0 amide bonds. The molecule has 0 fully saturated rings. The van der Waals surface area contributed by atoms with Crippen LogP contribution >= 0.6 is 0 Å². The van der Waals surface area contributed by atoms with Crippen LogP contribution in [0, 0.1) is 0 Å². The molecule has 0 bridgehead atoms. The number of hydrogen-bond acceptors (Lipinski definition) is 6. The normalized spacial score (nSPS) is 14.3. The number of imidazole rings is 1. The van der Waals surface area contributed by atoms with Gasteiger partial charge in [-0.1, -0.05) is 18.0 Å². The Morgan fingerprint density at radius 3 is 2.89 bits per heavy atom. The molecule has 4 heterocycles. The first-order valence-corrected chi connectivity index (χ1v) is 12.3. The van der Waals surface area contributed by atoms with Gasteiger partial charge in [-0.3, -0.25) is 4.99 Å². The molecule has 1 aliphatic carbocycles. The number of ether oxygens (including phenoxy) is 2. The maximum Gasteiger partial charge on any atom is 0.229 e. The summed E-state index contributed by atoms with van der Waals surface area (Å²) in [4.78, 5) is 18.1. The van der Waals surface area contributed by atoms with E-state index in [0.29, 0.717) is 23.3 Å². The van der Waals surface area contributed by atoms with Gasteiger partial charge < -0.3 is 14.0 Å². The lowest BCUT2D eigenvalue weighted by atomic mass is 9.82. The van der Waals surface area contributed by atoms with Gasteiger partial charge in [0.05, 0.1) is 18.2 Å². The van der Waals surface area contributed by atoms with Crippen LogP contribution in [0.4, 0.5) is 5.69 Å². The lowest BCUT2D eigenvalue weighted by Crippen LogP contribution is -2.03. The minimum atomic E-state index is 0.398. The summed E-state index contributed by atoms with van der Waals surface area (Å²) in [7, 11) is 8.61. The van der Waals surface area contributed by atoms with Crippen LogP contribution in [0.15, 0.2) is 65.2 Å². The molecule has 7 nitrogen and oxygen atoms in total. The fraction of sp³-hybridized carbons (Fsp3) is 0.207. The molecule has 0 N–H and O–H groups in total. The highest BCUT2D eigenvalue weighted by Gasteiger charge is 2.22. The van der Waals surface area contributed by atoms with Gasteiger partial charge in [0.15, 0.2) is 5.65 Å². The van der Waals surface area contributed by atoms with Crippen LogP contribution in [0.2, 0.25) is 0 Å². The molecule has 180 valence electrons. The van der Waals surface area contributed by atoms with Crippen molar-refractivity contribution in [1.29, 1.82) is 0 Å². The Morgan fingerprint density at radius 1 is 1.08 bits per heavy atom. The summed E-state index contributed by atoms with van der Waals surface area (Å²) in [5, 5.41) is 0. The van der Waals surface area contributed by atoms with E-state index in [1.807, 2.05) is 48.0 Å². The van der Waals surface area contributed by atoms with E-state index in [2.05, 4.69) is 27.6 Å². The predicted molar refractivity (Wildman–Crippen MR) is 146 cm³/mol. The standard InChI is InChI=1S/C29H24BN5O2/c1-3-18-8-6-9-20-13-25(36-21-11-10-19-7-4-5-12-31-23(19)14-21)34-29(26(20)27(18)30)37-22-15-24-28(32-16-22)35(2)17-33-24/h5,7,10-17H,3,6,8-9H2,1-2H3. The monoisotopic (exact) mass is 485 g/mol. The molecule has 0 atom stereocenters. The van der Waals surface area contributed by atoms with Gasteiger partial charge in [-0.25, -0.2) is 9.97 Å². The summed E-state index contributed by atoms with van der Waals surface area (Å²) < 4.78 is 14.4. The van der Waals surface area contributed by atoms with Crippen LogP contribution in [0.3, 0.4) is 0 Å². The van der Waals surface area contributed by atoms with Crippen molar-refractivity contribution in [3.8, 4) is 23.3 Å². The van der Waals surface area contributed by atoms with Crippen LogP contribution in [-0.4, -0.2) is 33.6 Å². The van der Waals surface area contributed by atoms with Gasteiger partial charge in [0.1, 0.15) is 24.9 Å². The van der Waals surface area contributed by atoms with Gasteiger partial charge in [-0.15, -0.1) is 5.73 Å². The number of fused-ring (bicyclic) bond motifs is 3. The summed E-state index contributed by atoms with van der Waals surface area (Å²) in [6.07, 6.45) is 12.4. The van der Waals surface area contributed by atoms with Gasteiger partial charge in [0.25, 0.3) is 0 Å². The molecule has 0 spiro atoms. The number of aliphatic imine (C=N–C) groups is 1. The fourth-order valence-corrected chi connectivity index (χ4v) is 4.73. The number of aromatic nitrogens is 4. The topological polar surface area (TPSA) is 74.4 Å². The van der Waals surface area contributed by atoms with Crippen LogP contribution in [-0.2, 0) is 13.5 Å². The van der Waals surface area contributed by atoms with E-state index >= 15 is 0 Å². The van der Waals surface area contributed by atoms with E-state index in [1.165, 1.54) is 5.57 Å². The molecular formula is C29H24BN5O2. The van der Waals surface area contributed by atoms with Gasteiger partial charge in [-0.2, -0.15) is 4.98 Å². The summed E-state index contributed by atoms with van der Waals surface area (Å²) >= 11 is 0. The highest BCUT2D eigenvalue weighted by molar-refractivity contribution is 6.43.